The number of hydrogen-bond acceptors (Lipinski definition) is 4. The van der Waals surface area contributed by atoms with Crippen molar-refractivity contribution in [2.45, 2.75) is 49.6 Å². The third kappa shape index (κ3) is 4.56. The molecule has 0 aliphatic heterocycles. The molecule has 2 fully saturated rings. The number of rotatable bonds is 8. The highest BCUT2D eigenvalue weighted by molar-refractivity contribution is 7.89. The number of carboxylic acids is 1. The number of benzene rings is 1. The molecule has 25 heavy (non-hydrogen) atoms. The summed E-state index contributed by atoms with van der Waals surface area (Å²) in [5.74, 6) is -0.712. The standard InChI is InChI=1S/C17H23FN2O4S/c1-11-6-15(4-5-16(11)18)25(23,24)19-13-7-14(8-13)20(10-17(21)22)9-12-2-3-12/h4-6,12-14,19H,2-3,7-10H2,1H3,(H,21,22). The molecule has 138 valence electrons. The van der Waals surface area contributed by atoms with Gasteiger partial charge in [-0.25, -0.2) is 17.5 Å². The van der Waals surface area contributed by atoms with Crippen LogP contribution < -0.4 is 4.72 Å². The van der Waals surface area contributed by atoms with Gasteiger partial charge in [0.1, 0.15) is 5.82 Å². The van der Waals surface area contributed by atoms with Crippen LogP contribution in [0.25, 0.3) is 0 Å². The van der Waals surface area contributed by atoms with Crippen molar-refractivity contribution >= 4 is 16.0 Å². The lowest BCUT2D eigenvalue weighted by molar-refractivity contribution is -0.139. The third-order valence-corrected chi connectivity index (χ3v) is 6.44. The molecule has 0 radical (unpaired) electrons. The third-order valence-electron chi connectivity index (χ3n) is 4.92. The number of hydrogen-bond donors (Lipinski definition) is 2. The van der Waals surface area contributed by atoms with Crippen molar-refractivity contribution in [3.63, 3.8) is 0 Å². The van der Waals surface area contributed by atoms with E-state index in [9.17, 15) is 17.6 Å². The van der Waals surface area contributed by atoms with Crippen molar-refractivity contribution in [2.24, 2.45) is 5.92 Å². The number of nitrogens with one attached hydrogen (secondary N) is 1. The van der Waals surface area contributed by atoms with E-state index in [2.05, 4.69) is 4.72 Å². The van der Waals surface area contributed by atoms with Crippen molar-refractivity contribution < 1.29 is 22.7 Å². The van der Waals surface area contributed by atoms with Crippen molar-refractivity contribution in [1.82, 2.24) is 9.62 Å². The lowest BCUT2D eigenvalue weighted by atomic mass is 9.86. The summed E-state index contributed by atoms with van der Waals surface area (Å²) < 4.78 is 40.7. The van der Waals surface area contributed by atoms with Crippen molar-refractivity contribution in [3.8, 4) is 0 Å². The van der Waals surface area contributed by atoms with Crippen LogP contribution in [-0.2, 0) is 14.8 Å². The van der Waals surface area contributed by atoms with Gasteiger partial charge in [0.25, 0.3) is 0 Å². The van der Waals surface area contributed by atoms with Crippen molar-refractivity contribution in [1.29, 1.82) is 0 Å². The molecule has 0 aromatic heterocycles. The first-order chi connectivity index (χ1) is 11.7. The van der Waals surface area contributed by atoms with Gasteiger partial charge in [-0.15, -0.1) is 0 Å². The number of halogens is 1. The van der Waals surface area contributed by atoms with Crippen LogP contribution in [0.1, 0.15) is 31.2 Å². The molecule has 2 aliphatic carbocycles. The summed E-state index contributed by atoms with van der Waals surface area (Å²) >= 11 is 0. The van der Waals surface area contributed by atoms with E-state index in [4.69, 9.17) is 5.11 Å². The van der Waals surface area contributed by atoms with Crippen LogP contribution in [0, 0.1) is 18.7 Å². The SMILES string of the molecule is Cc1cc(S(=O)(=O)NC2CC(N(CC(=O)O)CC3CC3)C2)ccc1F. The zero-order valence-corrected chi connectivity index (χ0v) is 14.9. The van der Waals surface area contributed by atoms with Gasteiger partial charge in [0.15, 0.2) is 0 Å². The summed E-state index contributed by atoms with van der Waals surface area (Å²) in [5.41, 5.74) is 0.284. The molecule has 3 rings (SSSR count). The Labute approximate surface area is 147 Å². The van der Waals surface area contributed by atoms with Gasteiger partial charge < -0.3 is 5.11 Å². The molecule has 1 aromatic carbocycles. The number of carboxylic acid groups (broad SMARTS) is 1. The highest BCUT2D eigenvalue weighted by atomic mass is 32.2. The van der Waals surface area contributed by atoms with E-state index in [0.717, 1.165) is 25.5 Å². The molecule has 0 heterocycles. The second kappa shape index (κ2) is 7.01. The zero-order chi connectivity index (χ0) is 18.2. The van der Waals surface area contributed by atoms with E-state index in [0.29, 0.717) is 18.8 Å². The van der Waals surface area contributed by atoms with Crippen LogP contribution in [0.15, 0.2) is 23.1 Å². The van der Waals surface area contributed by atoms with Gasteiger partial charge in [0.05, 0.1) is 11.4 Å². The first-order valence-corrected chi connectivity index (χ1v) is 9.97. The lowest BCUT2D eigenvalue weighted by Crippen LogP contribution is -2.55. The molecule has 2 aliphatic rings. The smallest absolute Gasteiger partial charge is 0.317 e. The second-order valence-electron chi connectivity index (χ2n) is 7.12. The van der Waals surface area contributed by atoms with E-state index >= 15 is 0 Å². The van der Waals surface area contributed by atoms with Gasteiger partial charge in [-0.3, -0.25) is 9.69 Å². The Kier molecular flexibility index (Phi) is 5.13. The maximum atomic E-state index is 13.3. The monoisotopic (exact) mass is 370 g/mol. The van der Waals surface area contributed by atoms with E-state index in [1.165, 1.54) is 19.1 Å². The van der Waals surface area contributed by atoms with Gasteiger partial charge in [0, 0.05) is 18.6 Å². The van der Waals surface area contributed by atoms with Crippen LogP contribution in [0.3, 0.4) is 0 Å². The quantitative estimate of drug-likeness (QED) is 0.728. The van der Waals surface area contributed by atoms with E-state index in [1.807, 2.05) is 4.90 Å². The summed E-state index contributed by atoms with van der Waals surface area (Å²) in [4.78, 5) is 13.0. The van der Waals surface area contributed by atoms with Gasteiger partial charge in [-0.05, 0) is 62.3 Å². The highest BCUT2D eigenvalue weighted by Gasteiger charge is 2.38. The average molecular weight is 370 g/mol. The fraction of sp³-hybridized carbons (Fsp3) is 0.588. The minimum Gasteiger partial charge on any atom is -0.480 e. The molecule has 6 nitrogen and oxygen atoms in total. The number of aliphatic carboxylic acids is 1. The summed E-state index contributed by atoms with van der Waals surface area (Å²) in [6, 6.07) is 3.61. The molecule has 0 bridgehead atoms. The Bertz CT molecular complexity index is 758. The van der Waals surface area contributed by atoms with Gasteiger partial charge in [-0.2, -0.15) is 0 Å². The summed E-state index contributed by atoms with van der Waals surface area (Å²) in [5, 5.41) is 9.05. The Morgan fingerprint density at radius 3 is 2.60 bits per heavy atom. The molecular weight excluding hydrogens is 347 g/mol. The zero-order valence-electron chi connectivity index (χ0n) is 14.1. The topological polar surface area (TPSA) is 86.7 Å². The molecule has 2 N–H and O–H groups in total. The van der Waals surface area contributed by atoms with Gasteiger partial charge in [-0.1, -0.05) is 0 Å². The molecule has 0 spiro atoms. The molecule has 0 unspecified atom stereocenters. The first-order valence-electron chi connectivity index (χ1n) is 8.49. The molecule has 0 saturated heterocycles. The van der Waals surface area contributed by atoms with E-state index < -0.39 is 21.8 Å². The fourth-order valence-electron chi connectivity index (χ4n) is 3.20. The minimum absolute atomic E-state index is 0.00219. The van der Waals surface area contributed by atoms with Gasteiger partial charge in [0.2, 0.25) is 10.0 Å². The minimum atomic E-state index is -3.69. The lowest BCUT2D eigenvalue weighted by Gasteiger charge is -2.42. The maximum Gasteiger partial charge on any atom is 0.317 e. The number of nitrogens with zero attached hydrogens (tertiary/aromatic N) is 1. The van der Waals surface area contributed by atoms with Crippen molar-refractivity contribution in [3.05, 3.63) is 29.6 Å². The molecule has 2 saturated carbocycles. The largest absolute Gasteiger partial charge is 0.480 e. The van der Waals surface area contributed by atoms with E-state index in [1.54, 1.807) is 0 Å². The fourth-order valence-corrected chi connectivity index (χ4v) is 4.55. The number of carbonyl (C=O) groups is 1. The summed E-state index contributed by atoms with van der Waals surface area (Å²) in [6.07, 6.45) is 3.48. The predicted octanol–water partition coefficient (Wildman–Crippen LogP) is 1.74. The number of sulfonamides is 1. The van der Waals surface area contributed by atoms with Crippen LogP contribution in [0.5, 0.6) is 0 Å². The Hall–Kier alpha value is -1.51. The summed E-state index contributed by atoms with van der Waals surface area (Å²) in [6.45, 7) is 2.29. The molecular formula is C17H23FN2O4S. The molecule has 0 atom stereocenters. The number of aryl methyl sites for hydroxylation is 1. The Morgan fingerprint density at radius 2 is 2.04 bits per heavy atom. The van der Waals surface area contributed by atoms with E-state index in [-0.39, 0.29) is 29.1 Å². The Balaban J connectivity index is 1.57. The Morgan fingerprint density at radius 1 is 1.36 bits per heavy atom. The first kappa shape index (κ1) is 18.3. The molecule has 0 amide bonds. The average Bonchev–Trinajstić information content (AvgIpc) is 3.28. The van der Waals surface area contributed by atoms with Crippen molar-refractivity contribution in [2.75, 3.05) is 13.1 Å². The summed E-state index contributed by atoms with van der Waals surface area (Å²) in [7, 11) is -3.69. The van der Waals surface area contributed by atoms with Crippen LogP contribution >= 0.6 is 0 Å². The second-order valence-corrected chi connectivity index (χ2v) is 8.83. The van der Waals surface area contributed by atoms with Crippen LogP contribution in [0.4, 0.5) is 4.39 Å². The normalized spacial score (nSPS) is 23.5. The van der Waals surface area contributed by atoms with Crippen LogP contribution in [-0.4, -0.2) is 49.6 Å². The maximum absolute atomic E-state index is 13.3. The molecule has 8 heteroatoms. The van der Waals surface area contributed by atoms with Crippen LogP contribution in [0.2, 0.25) is 0 Å². The highest BCUT2D eigenvalue weighted by Crippen LogP contribution is 2.34. The predicted molar refractivity (Wildman–Crippen MR) is 90.2 cm³/mol. The molecule has 1 aromatic rings. The van der Waals surface area contributed by atoms with Gasteiger partial charge >= 0.3 is 5.97 Å².